The van der Waals surface area contributed by atoms with E-state index in [0.717, 1.165) is 33.3 Å². The summed E-state index contributed by atoms with van der Waals surface area (Å²) < 4.78 is 5.35. The molecule has 1 saturated heterocycles. The minimum atomic E-state index is -1.18. The molecule has 3 amide bonds. The van der Waals surface area contributed by atoms with Gasteiger partial charge in [0.05, 0.1) is 6.04 Å². The molecule has 4 aromatic rings. The molecule has 3 aromatic carbocycles. The second-order valence-corrected chi connectivity index (χ2v) is 10.6. The first kappa shape index (κ1) is 27.1. The Morgan fingerprint density at radius 2 is 1.62 bits per heavy atom. The molecule has 0 saturated carbocycles. The fourth-order valence-corrected chi connectivity index (χ4v) is 5.98. The number of carbonyl (C=O) groups excluding carboxylic acids is 3. The number of alkyl carbamates (subject to hydrolysis) is 1. The molecule has 4 N–H and O–H groups in total. The predicted molar refractivity (Wildman–Crippen MR) is 153 cm³/mol. The van der Waals surface area contributed by atoms with E-state index < -0.39 is 48.0 Å². The number of carboxylic acid groups (broad SMARTS) is 1. The highest BCUT2D eigenvalue weighted by Crippen LogP contribution is 2.43. The number of hydrogen-bond acceptors (Lipinski definition) is 5. The summed E-state index contributed by atoms with van der Waals surface area (Å²) >= 11 is 0. The Hall–Kier alpha value is -5.12. The highest BCUT2D eigenvalue weighted by molar-refractivity contribution is 5.97. The third kappa shape index (κ3) is 5.30. The van der Waals surface area contributed by atoms with E-state index in [1.165, 1.54) is 4.90 Å². The van der Waals surface area contributed by atoms with Gasteiger partial charge in [-0.1, -0.05) is 78.9 Å². The number of fused-ring (bicyclic) bond motifs is 5. The van der Waals surface area contributed by atoms with E-state index in [1.807, 2.05) is 60.7 Å². The molecule has 0 spiro atoms. The molecule has 0 bridgehead atoms. The average Bonchev–Trinajstić information content (AvgIpc) is 3.54. The van der Waals surface area contributed by atoms with E-state index >= 15 is 0 Å². The number of benzene rings is 3. The predicted octanol–water partition coefficient (Wildman–Crippen LogP) is 3.47. The van der Waals surface area contributed by atoms with Gasteiger partial charge in [-0.15, -0.1) is 0 Å². The first-order valence-electron chi connectivity index (χ1n) is 13.8. The van der Waals surface area contributed by atoms with Crippen LogP contribution in [0.3, 0.4) is 0 Å². The van der Waals surface area contributed by atoms with Gasteiger partial charge in [0.1, 0.15) is 24.7 Å². The van der Waals surface area contributed by atoms with Crippen molar-refractivity contribution in [3.8, 4) is 0 Å². The average molecular weight is 567 g/mol. The smallest absolute Gasteiger partial charge is 0.408 e. The second kappa shape index (κ2) is 11.4. The molecule has 0 aliphatic carbocycles. The maximum Gasteiger partial charge on any atom is 0.408 e. The number of nitrogens with one attached hydrogen (secondary N) is 3. The summed E-state index contributed by atoms with van der Waals surface area (Å²) in [5, 5.41) is 16.2. The molecular weight excluding hydrogens is 536 g/mol. The van der Waals surface area contributed by atoms with E-state index in [1.54, 1.807) is 24.3 Å². The number of para-hydroxylation sites is 1. The lowest BCUT2D eigenvalue weighted by atomic mass is 9.91. The molecule has 2 aliphatic heterocycles. The number of H-pyrrole nitrogens is 1. The van der Waals surface area contributed by atoms with Gasteiger partial charge in [0.2, 0.25) is 11.8 Å². The van der Waals surface area contributed by atoms with Crippen LogP contribution in [-0.4, -0.2) is 57.0 Å². The Labute approximate surface area is 241 Å². The molecule has 1 fully saturated rings. The molecule has 10 heteroatoms. The summed E-state index contributed by atoms with van der Waals surface area (Å²) in [5.41, 5.74) is 4.17. The summed E-state index contributed by atoms with van der Waals surface area (Å²) in [6, 6.07) is 22.4. The zero-order chi connectivity index (χ0) is 29.2. The SMILES string of the molecule is O=C(N[C@@H]1C[C@H]2c3[nH]c4ccccc4c3C[C@H](C(=O)N[C@H](Cc3ccccc3)C(=O)O)N2C1=O)OCc1ccccc1. The van der Waals surface area contributed by atoms with Gasteiger partial charge in [-0.2, -0.15) is 0 Å². The number of carboxylic acids is 1. The van der Waals surface area contributed by atoms with Crippen LogP contribution >= 0.6 is 0 Å². The van der Waals surface area contributed by atoms with Crippen molar-refractivity contribution in [3.05, 3.63) is 107 Å². The van der Waals surface area contributed by atoms with Crippen molar-refractivity contribution in [1.29, 1.82) is 0 Å². The van der Waals surface area contributed by atoms with Gasteiger partial charge in [-0.3, -0.25) is 9.59 Å². The lowest BCUT2D eigenvalue weighted by Crippen LogP contribution is -2.56. The zero-order valence-corrected chi connectivity index (χ0v) is 22.7. The van der Waals surface area contributed by atoms with Crippen LogP contribution in [0.5, 0.6) is 0 Å². The Bertz CT molecular complexity index is 1640. The number of amides is 3. The number of aliphatic carboxylic acids is 1. The van der Waals surface area contributed by atoms with Crippen molar-refractivity contribution in [2.24, 2.45) is 0 Å². The molecule has 1 aromatic heterocycles. The number of aromatic nitrogens is 1. The second-order valence-electron chi connectivity index (χ2n) is 10.6. The quantitative estimate of drug-likeness (QED) is 0.257. The minimum absolute atomic E-state index is 0.0515. The molecule has 3 heterocycles. The molecule has 0 unspecified atom stereocenters. The number of rotatable bonds is 8. The summed E-state index contributed by atoms with van der Waals surface area (Å²) in [6.45, 7) is 0.0515. The van der Waals surface area contributed by atoms with E-state index in [-0.39, 0.29) is 25.9 Å². The Morgan fingerprint density at radius 3 is 2.33 bits per heavy atom. The van der Waals surface area contributed by atoms with Crippen molar-refractivity contribution in [3.63, 3.8) is 0 Å². The Kier molecular flexibility index (Phi) is 7.35. The van der Waals surface area contributed by atoms with Crippen molar-refractivity contribution >= 4 is 34.8 Å². The lowest BCUT2D eigenvalue weighted by molar-refractivity contribution is -0.145. The van der Waals surface area contributed by atoms with E-state index in [0.29, 0.717) is 0 Å². The zero-order valence-electron chi connectivity index (χ0n) is 22.7. The van der Waals surface area contributed by atoms with E-state index in [2.05, 4.69) is 15.6 Å². The standard InChI is InChI=1S/C32H30N4O6/c37-29(34-25(31(39)40)15-19-9-3-1-4-10-19)27-16-22-21-13-7-8-14-23(21)33-28(22)26-17-24(30(38)36(26)27)35-32(41)42-18-20-11-5-2-6-12-20/h1-14,24-27,33H,15-18H2,(H,34,37)(H,35,41)(H,39,40)/t24-,25-,26+,27-/m1/s1. The molecule has 4 atom stereocenters. The first-order valence-corrected chi connectivity index (χ1v) is 13.8. The minimum Gasteiger partial charge on any atom is -0.480 e. The van der Waals surface area contributed by atoms with Crippen LogP contribution in [0, 0.1) is 0 Å². The summed E-state index contributed by atoms with van der Waals surface area (Å²) in [7, 11) is 0. The van der Waals surface area contributed by atoms with Crippen LogP contribution in [0.1, 0.15) is 34.8 Å². The lowest BCUT2D eigenvalue weighted by Gasteiger charge is -2.37. The van der Waals surface area contributed by atoms with Gasteiger partial charge in [0, 0.05) is 35.9 Å². The number of ether oxygens (including phenoxy) is 1. The third-order valence-electron chi connectivity index (χ3n) is 7.97. The number of carbonyl (C=O) groups is 4. The van der Waals surface area contributed by atoms with Crippen LogP contribution < -0.4 is 10.6 Å². The maximum atomic E-state index is 13.8. The van der Waals surface area contributed by atoms with E-state index in [4.69, 9.17) is 4.74 Å². The first-order chi connectivity index (χ1) is 20.4. The van der Waals surface area contributed by atoms with Crippen LogP contribution in [0.15, 0.2) is 84.9 Å². The normalized spacial score (nSPS) is 20.0. The Balaban J connectivity index is 1.25. The van der Waals surface area contributed by atoms with Gasteiger partial charge in [-0.25, -0.2) is 9.59 Å². The van der Waals surface area contributed by atoms with E-state index in [9.17, 15) is 24.3 Å². The number of nitrogens with zero attached hydrogens (tertiary/aromatic N) is 1. The van der Waals surface area contributed by atoms with Crippen LogP contribution in [0.25, 0.3) is 10.9 Å². The van der Waals surface area contributed by atoms with Gasteiger partial charge in [-0.05, 0) is 22.8 Å². The third-order valence-corrected chi connectivity index (χ3v) is 7.97. The molecule has 6 rings (SSSR count). The monoisotopic (exact) mass is 566 g/mol. The molecule has 0 radical (unpaired) electrons. The van der Waals surface area contributed by atoms with Crippen molar-refractivity contribution in [1.82, 2.24) is 20.5 Å². The topological polar surface area (TPSA) is 141 Å². The van der Waals surface area contributed by atoms with Crippen LogP contribution in [-0.2, 0) is 38.6 Å². The van der Waals surface area contributed by atoms with Gasteiger partial charge in [0.15, 0.2) is 0 Å². The summed E-state index contributed by atoms with van der Waals surface area (Å²) in [5.74, 6) is -2.14. The molecule has 2 aliphatic rings. The molecular formula is C32H30N4O6. The highest BCUT2D eigenvalue weighted by Gasteiger charge is 2.51. The largest absolute Gasteiger partial charge is 0.480 e. The molecule has 10 nitrogen and oxygen atoms in total. The van der Waals surface area contributed by atoms with Crippen molar-refractivity contribution in [2.75, 3.05) is 0 Å². The number of aromatic amines is 1. The van der Waals surface area contributed by atoms with Crippen molar-refractivity contribution < 1.29 is 29.0 Å². The maximum absolute atomic E-state index is 13.8. The highest BCUT2D eigenvalue weighted by atomic mass is 16.5. The molecule has 214 valence electrons. The molecule has 42 heavy (non-hydrogen) atoms. The van der Waals surface area contributed by atoms with Crippen molar-refractivity contribution in [2.45, 2.75) is 50.0 Å². The van der Waals surface area contributed by atoms with Crippen LogP contribution in [0.4, 0.5) is 4.79 Å². The van der Waals surface area contributed by atoms with Gasteiger partial charge >= 0.3 is 12.1 Å². The summed E-state index contributed by atoms with van der Waals surface area (Å²) in [6.07, 6.45) is -0.198. The Morgan fingerprint density at radius 1 is 0.952 bits per heavy atom. The summed E-state index contributed by atoms with van der Waals surface area (Å²) in [4.78, 5) is 57.2. The fourth-order valence-electron chi connectivity index (χ4n) is 5.98. The van der Waals surface area contributed by atoms with Gasteiger partial charge in [0.25, 0.3) is 0 Å². The van der Waals surface area contributed by atoms with Crippen LogP contribution in [0.2, 0.25) is 0 Å². The fraction of sp³-hybridized carbons (Fsp3) is 0.250. The van der Waals surface area contributed by atoms with Gasteiger partial charge < -0.3 is 30.4 Å². The number of hydrogen-bond donors (Lipinski definition) is 4.